The van der Waals surface area contributed by atoms with Crippen LogP contribution in [-0.4, -0.2) is 6.10 Å². The van der Waals surface area contributed by atoms with Gasteiger partial charge in [-0.2, -0.15) is 0 Å². The van der Waals surface area contributed by atoms with Gasteiger partial charge in [0.1, 0.15) is 5.75 Å². The molecule has 0 heterocycles. The zero-order valence-corrected chi connectivity index (χ0v) is 13.8. The summed E-state index contributed by atoms with van der Waals surface area (Å²) >= 11 is 9.46. The SMILES string of the molecule is CC(C)Oc1ccc(NCc2ccc(Br)c(Cl)c2)cc1. The highest BCUT2D eigenvalue weighted by molar-refractivity contribution is 9.10. The molecule has 20 heavy (non-hydrogen) atoms. The first-order valence-corrected chi connectivity index (χ1v) is 7.66. The maximum Gasteiger partial charge on any atom is 0.119 e. The predicted molar refractivity (Wildman–Crippen MR) is 88.7 cm³/mol. The molecule has 0 radical (unpaired) electrons. The van der Waals surface area contributed by atoms with Crippen molar-refractivity contribution < 1.29 is 4.74 Å². The van der Waals surface area contributed by atoms with Gasteiger partial charge in [0.25, 0.3) is 0 Å². The van der Waals surface area contributed by atoms with Crippen LogP contribution in [0, 0.1) is 0 Å². The molecule has 0 saturated carbocycles. The van der Waals surface area contributed by atoms with Crippen LogP contribution in [0.15, 0.2) is 46.9 Å². The first-order valence-electron chi connectivity index (χ1n) is 6.49. The van der Waals surface area contributed by atoms with Crippen LogP contribution in [-0.2, 0) is 6.54 Å². The van der Waals surface area contributed by atoms with Crippen LogP contribution in [0.2, 0.25) is 5.02 Å². The first kappa shape index (κ1) is 15.2. The summed E-state index contributed by atoms with van der Waals surface area (Å²) in [7, 11) is 0. The Morgan fingerprint density at radius 3 is 2.45 bits per heavy atom. The number of hydrogen-bond donors (Lipinski definition) is 1. The van der Waals surface area contributed by atoms with Crippen molar-refractivity contribution in [2.75, 3.05) is 5.32 Å². The Morgan fingerprint density at radius 1 is 1.15 bits per heavy atom. The molecule has 2 aromatic rings. The van der Waals surface area contributed by atoms with Crippen LogP contribution < -0.4 is 10.1 Å². The monoisotopic (exact) mass is 353 g/mol. The van der Waals surface area contributed by atoms with E-state index in [9.17, 15) is 0 Å². The summed E-state index contributed by atoms with van der Waals surface area (Å²) < 4.78 is 6.53. The lowest BCUT2D eigenvalue weighted by molar-refractivity contribution is 0.242. The van der Waals surface area contributed by atoms with E-state index in [0.717, 1.165) is 33.0 Å². The van der Waals surface area contributed by atoms with Crippen LogP contribution in [0.25, 0.3) is 0 Å². The van der Waals surface area contributed by atoms with E-state index in [2.05, 4.69) is 21.2 Å². The lowest BCUT2D eigenvalue weighted by atomic mass is 10.2. The maximum atomic E-state index is 6.07. The zero-order valence-electron chi connectivity index (χ0n) is 11.5. The number of hydrogen-bond acceptors (Lipinski definition) is 2. The number of ether oxygens (including phenoxy) is 1. The highest BCUT2D eigenvalue weighted by Crippen LogP contribution is 2.24. The van der Waals surface area contributed by atoms with Crippen molar-refractivity contribution in [2.24, 2.45) is 0 Å². The van der Waals surface area contributed by atoms with Crippen molar-refractivity contribution in [3.8, 4) is 5.75 Å². The molecule has 0 unspecified atom stereocenters. The molecule has 0 aromatic heterocycles. The van der Waals surface area contributed by atoms with Gasteiger partial charge in [0.05, 0.1) is 11.1 Å². The summed E-state index contributed by atoms with van der Waals surface area (Å²) in [4.78, 5) is 0. The van der Waals surface area contributed by atoms with Crippen molar-refractivity contribution in [3.05, 3.63) is 57.5 Å². The average molecular weight is 355 g/mol. The van der Waals surface area contributed by atoms with Gasteiger partial charge in [-0.25, -0.2) is 0 Å². The maximum absolute atomic E-state index is 6.07. The summed E-state index contributed by atoms with van der Waals surface area (Å²) in [6.45, 7) is 4.77. The third-order valence-electron chi connectivity index (χ3n) is 2.71. The summed E-state index contributed by atoms with van der Waals surface area (Å²) in [6.07, 6.45) is 0.193. The van der Waals surface area contributed by atoms with E-state index in [1.807, 2.05) is 56.3 Å². The van der Waals surface area contributed by atoms with Crippen LogP contribution in [0.1, 0.15) is 19.4 Å². The van der Waals surface area contributed by atoms with E-state index >= 15 is 0 Å². The number of nitrogens with one attached hydrogen (secondary N) is 1. The number of rotatable bonds is 5. The molecule has 0 spiro atoms. The Kier molecular flexibility index (Phi) is 5.32. The molecule has 0 saturated heterocycles. The highest BCUT2D eigenvalue weighted by Gasteiger charge is 2.01. The second kappa shape index (κ2) is 7.00. The van der Waals surface area contributed by atoms with E-state index in [1.165, 1.54) is 0 Å². The zero-order chi connectivity index (χ0) is 14.5. The lowest BCUT2D eigenvalue weighted by Crippen LogP contribution is -2.05. The fraction of sp³-hybridized carbons (Fsp3) is 0.250. The van der Waals surface area contributed by atoms with E-state index in [4.69, 9.17) is 16.3 Å². The minimum Gasteiger partial charge on any atom is -0.491 e. The molecule has 0 bridgehead atoms. The molecule has 0 aliphatic rings. The lowest BCUT2D eigenvalue weighted by Gasteiger charge is -2.11. The van der Waals surface area contributed by atoms with Gasteiger partial charge in [-0.3, -0.25) is 0 Å². The third kappa shape index (κ3) is 4.43. The molecule has 4 heteroatoms. The Labute approximate surface area is 133 Å². The van der Waals surface area contributed by atoms with E-state index < -0.39 is 0 Å². The Morgan fingerprint density at radius 2 is 1.85 bits per heavy atom. The number of anilines is 1. The second-order valence-electron chi connectivity index (χ2n) is 4.79. The van der Waals surface area contributed by atoms with Gasteiger partial charge in [0.15, 0.2) is 0 Å². The molecule has 0 atom stereocenters. The van der Waals surface area contributed by atoms with E-state index in [1.54, 1.807) is 0 Å². The summed E-state index contributed by atoms with van der Waals surface area (Å²) in [5, 5.41) is 4.09. The standard InChI is InChI=1S/C16H17BrClNO/c1-11(2)20-14-6-4-13(5-7-14)19-10-12-3-8-15(17)16(18)9-12/h3-9,11,19H,10H2,1-2H3. The van der Waals surface area contributed by atoms with E-state index in [0.29, 0.717) is 0 Å². The van der Waals surface area contributed by atoms with Gasteiger partial charge >= 0.3 is 0 Å². The predicted octanol–water partition coefficient (Wildman–Crippen LogP) is 5.50. The fourth-order valence-electron chi connectivity index (χ4n) is 1.78. The normalized spacial score (nSPS) is 10.7. The van der Waals surface area contributed by atoms with Crippen molar-refractivity contribution in [2.45, 2.75) is 26.5 Å². The van der Waals surface area contributed by atoms with Crippen molar-refractivity contribution in [1.29, 1.82) is 0 Å². The van der Waals surface area contributed by atoms with Crippen molar-refractivity contribution >= 4 is 33.2 Å². The topological polar surface area (TPSA) is 21.3 Å². The van der Waals surface area contributed by atoms with Crippen LogP contribution in [0.4, 0.5) is 5.69 Å². The summed E-state index contributed by atoms with van der Waals surface area (Å²) in [5.74, 6) is 0.886. The molecule has 2 aromatic carbocycles. The van der Waals surface area contributed by atoms with Gasteiger partial charge in [0.2, 0.25) is 0 Å². The largest absolute Gasteiger partial charge is 0.491 e. The molecule has 2 rings (SSSR count). The Balaban J connectivity index is 1.95. The molecule has 106 valence electrons. The average Bonchev–Trinajstić information content (AvgIpc) is 2.41. The fourth-order valence-corrected chi connectivity index (χ4v) is 2.23. The smallest absolute Gasteiger partial charge is 0.119 e. The summed E-state index contributed by atoms with van der Waals surface area (Å²) in [6, 6.07) is 13.9. The molecule has 0 aliphatic heterocycles. The molecular weight excluding hydrogens is 338 g/mol. The van der Waals surface area contributed by atoms with Crippen LogP contribution >= 0.6 is 27.5 Å². The van der Waals surface area contributed by atoms with Gasteiger partial charge in [0, 0.05) is 16.7 Å². The first-order chi connectivity index (χ1) is 9.54. The number of benzene rings is 2. The second-order valence-corrected chi connectivity index (χ2v) is 6.05. The van der Waals surface area contributed by atoms with Crippen LogP contribution in [0.5, 0.6) is 5.75 Å². The Bertz CT molecular complexity index is 569. The van der Waals surface area contributed by atoms with Gasteiger partial charge in [-0.1, -0.05) is 17.7 Å². The van der Waals surface area contributed by atoms with Crippen LogP contribution in [0.3, 0.4) is 0 Å². The molecule has 0 amide bonds. The molecular formula is C16H17BrClNO. The molecule has 1 N–H and O–H groups in total. The molecule has 0 fully saturated rings. The minimum absolute atomic E-state index is 0.193. The van der Waals surface area contributed by atoms with Gasteiger partial charge in [-0.05, 0) is 71.7 Å². The highest BCUT2D eigenvalue weighted by atomic mass is 79.9. The van der Waals surface area contributed by atoms with E-state index in [-0.39, 0.29) is 6.10 Å². The molecule has 2 nitrogen and oxygen atoms in total. The van der Waals surface area contributed by atoms with Crippen molar-refractivity contribution in [3.63, 3.8) is 0 Å². The summed E-state index contributed by atoms with van der Waals surface area (Å²) in [5.41, 5.74) is 2.20. The van der Waals surface area contributed by atoms with Gasteiger partial charge in [-0.15, -0.1) is 0 Å². The third-order valence-corrected chi connectivity index (χ3v) is 3.94. The van der Waals surface area contributed by atoms with Gasteiger partial charge < -0.3 is 10.1 Å². The molecule has 0 aliphatic carbocycles. The van der Waals surface area contributed by atoms with Crippen molar-refractivity contribution in [1.82, 2.24) is 0 Å². The quantitative estimate of drug-likeness (QED) is 0.765. The number of halogens is 2. The minimum atomic E-state index is 0.193. The Hall–Kier alpha value is -1.19.